The lowest BCUT2D eigenvalue weighted by Crippen LogP contribution is -2.16. The zero-order valence-electron chi connectivity index (χ0n) is 21.1. The molecule has 4 aromatic rings. The lowest BCUT2D eigenvalue weighted by Gasteiger charge is -2.10. The number of benzene rings is 1. The number of carbonyl (C=O) groups excluding carboxylic acids is 1. The Morgan fingerprint density at radius 2 is 1.88 bits per heavy atom. The van der Waals surface area contributed by atoms with Crippen molar-refractivity contribution < 1.29 is 32.6 Å². The van der Waals surface area contributed by atoms with Crippen LogP contribution < -0.4 is 11.1 Å². The Hall–Kier alpha value is -4.78. The molecule has 0 saturated carbocycles. The number of carboxylic acids is 1. The van der Waals surface area contributed by atoms with E-state index in [0.29, 0.717) is 30.1 Å². The maximum Gasteiger partial charge on any atom is 0.417 e. The fraction of sp³-hybridized carbons (Fsp3) is 0.185. The second kappa shape index (κ2) is 12.6. The zero-order valence-corrected chi connectivity index (χ0v) is 21.9. The van der Waals surface area contributed by atoms with Gasteiger partial charge in [-0.1, -0.05) is 23.7 Å². The summed E-state index contributed by atoms with van der Waals surface area (Å²) in [5.41, 5.74) is 6.37. The molecule has 4 heterocycles. The first-order valence-corrected chi connectivity index (χ1v) is 12.4. The van der Waals surface area contributed by atoms with Gasteiger partial charge in [0, 0.05) is 29.7 Å². The molecule has 14 heteroatoms. The molecule has 4 N–H and O–H groups in total. The van der Waals surface area contributed by atoms with Crippen molar-refractivity contribution in [3.8, 4) is 0 Å². The molecule has 1 atom stereocenters. The van der Waals surface area contributed by atoms with Gasteiger partial charge in [-0.2, -0.15) is 13.2 Å². The molecule has 0 bridgehead atoms. The normalized spacial score (nSPS) is 14.4. The van der Waals surface area contributed by atoms with Crippen molar-refractivity contribution in [1.82, 2.24) is 15.0 Å². The highest BCUT2D eigenvalue weighted by Crippen LogP contribution is 2.31. The minimum Gasteiger partial charge on any atom is -0.477 e. The molecule has 1 amide bonds. The first-order chi connectivity index (χ1) is 19.5. The van der Waals surface area contributed by atoms with Crippen molar-refractivity contribution in [2.45, 2.75) is 25.1 Å². The van der Waals surface area contributed by atoms with Gasteiger partial charge in [-0.25, -0.2) is 19.8 Å². The average Bonchev–Trinajstić information content (AvgIpc) is 3.37. The average molecular weight is 587 g/mol. The molecule has 0 fully saturated rings. The number of aryl methyl sites for hydroxylation is 1. The van der Waals surface area contributed by atoms with Crippen molar-refractivity contribution in [2.24, 2.45) is 10.7 Å². The molecule has 0 spiro atoms. The van der Waals surface area contributed by atoms with E-state index in [0.717, 1.165) is 23.8 Å². The molecule has 0 unspecified atom stereocenters. The van der Waals surface area contributed by atoms with E-state index in [-0.39, 0.29) is 28.5 Å². The number of aromatic carboxylic acids is 1. The number of alkyl halides is 3. The number of nitrogens with zero attached hydrogens (tertiary/aromatic N) is 4. The Bertz CT molecular complexity index is 1600. The van der Waals surface area contributed by atoms with Crippen LogP contribution in [-0.4, -0.2) is 50.6 Å². The minimum atomic E-state index is -4.58. The number of hydrogen-bond acceptors (Lipinski definition) is 8. The number of carbonyl (C=O) groups is 2. The van der Waals surface area contributed by atoms with Gasteiger partial charge in [0.05, 0.1) is 22.1 Å². The molecular weight excluding hydrogens is 565 g/mol. The molecule has 5 rings (SSSR count). The Balaban J connectivity index is 0.000000247. The summed E-state index contributed by atoms with van der Waals surface area (Å²) in [4.78, 5) is 38.3. The van der Waals surface area contributed by atoms with Crippen molar-refractivity contribution >= 4 is 46.1 Å². The largest absolute Gasteiger partial charge is 0.477 e. The number of halogens is 4. The Morgan fingerprint density at radius 1 is 1.12 bits per heavy atom. The molecule has 212 valence electrons. The van der Waals surface area contributed by atoms with Crippen LogP contribution in [0.2, 0.25) is 5.02 Å². The second-order valence-corrected chi connectivity index (χ2v) is 9.15. The zero-order chi connectivity index (χ0) is 29.6. The van der Waals surface area contributed by atoms with E-state index in [1.165, 1.54) is 6.07 Å². The lowest BCUT2D eigenvalue weighted by molar-refractivity contribution is -0.137. The smallest absolute Gasteiger partial charge is 0.417 e. The van der Waals surface area contributed by atoms with Crippen LogP contribution >= 0.6 is 11.6 Å². The van der Waals surface area contributed by atoms with Gasteiger partial charge in [0.15, 0.2) is 0 Å². The van der Waals surface area contributed by atoms with E-state index in [9.17, 15) is 22.8 Å². The number of aromatic nitrogens is 3. The molecular formula is C27H22ClF3N6O4. The predicted molar refractivity (Wildman–Crippen MR) is 145 cm³/mol. The van der Waals surface area contributed by atoms with Crippen molar-refractivity contribution in [3.63, 3.8) is 0 Å². The summed E-state index contributed by atoms with van der Waals surface area (Å²) in [6.45, 7) is 0.473. The van der Waals surface area contributed by atoms with Crippen LogP contribution in [0.3, 0.4) is 0 Å². The molecule has 41 heavy (non-hydrogen) atoms. The Kier molecular flexibility index (Phi) is 8.97. The van der Waals surface area contributed by atoms with E-state index in [1.807, 2.05) is 12.1 Å². The summed E-state index contributed by atoms with van der Waals surface area (Å²) in [5, 5.41) is 11.7. The summed E-state index contributed by atoms with van der Waals surface area (Å²) in [6, 6.07) is 12.8. The fourth-order valence-electron chi connectivity index (χ4n) is 3.71. The van der Waals surface area contributed by atoms with Gasteiger partial charge in [-0.3, -0.25) is 9.78 Å². The van der Waals surface area contributed by atoms with Gasteiger partial charge in [0.2, 0.25) is 0 Å². The van der Waals surface area contributed by atoms with Crippen LogP contribution in [0.15, 0.2) is 72.1 Å². The Morgan fingerprint density at radius 3 is 2.51 bits per heavy atom. The van der Waals surface area contributed by atoms with Gasteiger partial charge in [-0.05, 0) is 54.8 Å². The molecule has 1 aromatic carbocycles. The standard InChI is InChI=1S/C18H16ClF3N4O2.C9H6N2O2/c19-14-7-11(18(20,21)22)8-24-15(14)16(27)25-12-4-1-10(2-5-12)3-6-13-9-28-17(23)26-13;12-9(13)8-2-1-6-5-10-4-3-7(6)11-8/h1-2,4-5,7-8,13H,3,6,9H2,(H2,23,26)(H,25,27);1-5H,(H,12,13)/t13-;/m0./s1. The van der Waals surface area contributed by atoms with E-state index in [2.05, 4.69) is 25.3 Å². The number of amidine groups is 1. The third kappa shape index (κ3) is 7.88. The highest BCUT2D eigenvalue weighted by atomic mass is 35.5. The molecule has 0 aliphatic carbocycles. The van der Waals surface area contributed by atoms with Crippen LogP contribution in [0.1, 0.15) is 38.5 Å². The minimum absolute atomic E-state index is 0.0345. The molecule has 10 nitrogen and oxygen atoms in total. The van der Waals surface area contributed by atoms with Gasteiger partial charge in [0.25, 0.3) is 11.9 Å². The van der Waals surface area contributed by atoms with Crippen molar-refractivity contribution in [3.05, 3.63) is 94.7 Å². The van der Waals surface area contributed by atoms with Gasteiger partial charge < -0.3 is 20.9 Å². The number of aliphatic imine (C=N–C) groups is 1. The summed E-state index contributed by atoms with van der Waals surface area (Å²) < 4.78 is 43.0. The maximum absolute atomic E-state index is 12.6. The fourth-order valence-corrected chi connectivity index (χ4v) is 3.96. The van der Waals surface area contributed by atoms with Gasteiger partial charge in [-0.15, -0.1) is 0 Å². The number of nitrogens with two attached hydrogens (primary N) is 1. The lowest BCUT2D eigenvalue weighted by atomic mass is 10.1. The highest BCUT2D eigenvalue weighted by molar-refractivity contribution is 6.34. The number of anilines is 1. The van der Waals surface area contributed by atoms with E-state index < -0.39 is 23.6 Å². The number of hydrogen-bond donors (Lipinski definition) is 3. The topological polar surface area (TPSA) is 153 Å². The van der Waals surface area contributed by atoms with Crippen molar-refractivity contribution in [1.29, 1.82) is 0 Å². The Labute approximate surface area is 236 Å². The first kappa shape index (κ1) is 29.2. The van der Waals surface area contributed by atoms with Crippen LogP contribution in [0.4, 0.5) is 18.9 Å². The summed E-state index contributed by atoms with van der Waals surface area (Å²) in [6.07, 6.45) is 0.757. The van der Waals surface area contributed by atoms with Crippen LogP contribution in [0, 0.1) is 0 Å². The van der Waals surface area contributed by atoms with Crippen molar-refractivity contribution in [2.75, 3.05) is 11.9 Å². The third-order valence-electron chi connectivity index (χ3n) is 5.80. The third-order valence-corrected chi connectivity index (χ3v) is 6.09. The van der Waals surface area contributed by atoms with Gasteiger partial charge >= 0.3 is 12.1 Å². The van der Waals surface area contributed by atoms with E-state index >= 15 is 0 Å². The SMILES string of the molecule is NC1=N[C@@H](CCc2ccc(NC(=O)c3ncc(C(F)(F)F)cc3Cl)cc2)CO1.O=C(O)c1ccc2cnccc2n1. The second-order valence-electron chi connectivity index (χ2n) is 8.74. The molecule has 1 aliphatic rings. The maximum atomic E-state index is 12.6. The molecule has 3 aromatic heterocycles. The van der Waals surface area contributed by atoms with Crippen LogP contribution in [0.5, 0.6) is 0 Å². The monoisotopic (exact) mass is 586 g/mol. The number of amides is 1. The van der Waals surface area contributed by atoms with E-state index in [1.54, 1.807) is 36.7 Å². The molecule has 1 aliphatic heterocycles. The molecule has 0 saturated heterocycles. The number of fused-ring (bicyclic) bond motifs is 1. The number of rotatable bonds is 6. The van der Waals surface area contributed by atoms with E-state index in [4.69, 9.17) is 27.2 Å². The summed E-state index contributed by atoms with van der Waals surface area (Å²) >= 11 is 5.78. The predicted octanol–water partition coefficient (Wildman–Crippen LogP) is 4.98. The summed E-state index contributed by atoms with van der Waals surface area (Å²) in [5.74, 6) is -1.71. The molecule has 0 radical (unpaired) electrons. The first-order valence-electron chi connectivity index (χ1n) is 12.0. The number of nitrogens with one attached hydrogen (secondary N) is 1. The summed E-state index contributed by atoms with van der Waals surface area (Å²) in [7, 11) is 0. The van der Waals surface area contributed by atoms with Crippen LogP contribution in [-0.2, 0) is 17.3 Å². The number of carboxylic acid groups (broad SMARTS) is 1. The van der Waals surface area contributed by atoms with Gasteiger partial charge in [0.1, 0.15) is 18.0 Å². The quantitative estimate of drug-likeness (QED) is 0.286. The number of ether oxygens (including phenoxy) is 1. The number of pyridine rings is 3. The van der Waals surface area contributed by atoms with Crippen LogP contribution in [0.25, 0.3) is 10.9 Å². The highest BCUT2D eigenvalue weighted by Gasteiger charge is 2.32.